The zero-order chi connectivity index (χ0) is 16.9. The number of nitrogens with one attached hydrogen (secondary N) is 1. The third-order valence-corrected chi connectivity index (χ3v) is 4.36. The highest BCUT2D eigenvalue weighted by atomic mass is 16.5. The van der Waals surface area contributed by atoms with E-state index in [-0.39, 0.29) is 11.7 Å². The van der Waals surface area contributed by atoms with Crippen molar-refractivity contribution in [1.29, 1.82) is 0 Å². The number of fused-ring (bicyclic) bond motifs is 1. The molecule has 6 heteroatoms. The molecule has 0 spiro atoms. The Kier molecular flexibility index (Phi) is 4.93. The molecule has 0 aliphatic carbocycles. The Morgan fingerprint density at radius 3 is 2.79 bits per heavy atom. The lowest BCUT2D eigenvalue weighted by atomic mass is 10.0. The Morgan fingerprint density at radius 2 is 2.04 bits per heavy atom. The molecule has 1 N–H and O–H groups in total. The molecule has 0 saturated carbocycles. The highest BCUT2D eigenvalue weighted by Crippen LogP contribution is 2.18. The van der Waals surface area contributed by atoms with Crippen molar-refractivity contribution in [3.05, 3.63) is 47.3 Å². The highest BCUT2D eigenvalue weighted by Gasteiger charge is 2.21. The lowest BCUT2D eigenvalue weighted by Crippen LogP contribution is -2.35. The van der Waals surface area contributed by atoms with E-state index >= 15 is 0 Å². The van der Waals surface area contributed by atoms with Gasteiger partial charge in [-0.2, -0.15) is 5.10 Å². The summed E-state index contributed by atoms with van der Waals surface area (Å²) in [5.74, 6) is 0.885. The van der Waals surface area contributed by atoms with Crippen LogP contribution in [0.3, 0.4) is 0 Å². The molecule has 2 heterocycles. The van der Waals surface area contributed by atoms with Crippen molar-refractivity contribution in [2.75, 3.05) is 13.7 Å². The lowest BCUT2D eigenvalue weighted by Gasteiger charge is -2.26. The minimum absolute atomic E-state index is 0.0567. The van der Waals surface area contributed by atoms with Gasteiger partial charge in [-0.3, -0.25) is 14.7 Å². The number of hydrogen-bond acceptors (Lipinski definition) is 4. The van der Waals surface area contributed by atoms with E-state index in [1.165, 1.54) is 0 Å². The first kappa shape index (κ1) is 16.2. The van der Waals surface area contributed by atoms with Gasteiger partial charge in [0.2, 0.25) is 5.91 Å². The fraction of sp³-hybridized carbons (Fsp3) is 0.389. The SMILES string of the molecule is COc1ccc(C(=O)CCCC(=O)N2CCc3[nH]ncc3C2)cc1. The molecule has 1 aliphatic heterocycles. The van der Waals surface area contributed by atoms with Crippen LogP contribution in [0.15, 0.2) is 30.5 Å². The predicted octanol–water partition coefficient (Wildman–Crippen LogP) is 2.36. The number of Topliss-reactive ketones (excluding diaryl/α,β-unsaturated/α-hetero) is 1. The van der Waals surface area contributed by atoms with Gasteiger partial charge in [-0.25, -0.2) is 0 Å². The second-order valence-electron chi connectivity index (χ2n) is 5.94. The van der Waals surface area contributed by atoms with Gasteiger partial charge in [-0.05, 0) is 30.7 Å². The van der Waals surface area contributed by atoms with Crippen LogP contribution in [0.1, 0.15) is 40.9 Å². The normalized spacial score (nSPS) is 13.5. The molecular formula is C18H21N3O3. The number of carbonyl (C=O) groups is 2. The lowest BCUT2D eigenvalue weighted by molar-refractivity contribution is -0.132. The molecule has 0 atom stereocenters. The van der Waals surface area contributed by atoms with Crippen LogP contribution in [0.5, 0.6) is 5.75 Å². The standard InChI is InChI=1S/C18H21N3O3/c1-24-15-7-5-13(6-8-15)17(22)3-2-4-18(23)21-10-9-16-14(12-21)11-19-20-16/h5-8,11H,2-4,9-10,12H2,1H3,(H,19,20). The molecule has 0 bridgehead atoms. The Labute approximate surface area is 140 Å². The largest absolute Gasteiger partial charge is 0.497 e. The third-order valence-electron chi connectivity index (χ3n) is 4.36. The summed E-state index contributed by atoms with van der Waals surface area (Å²) in [6.45, 7) is 1.32. The van der Waals surface area contributed by atoms with Crippen LogP contribution in [0.2, 0.25) is 0 Å². The highest BCUT2D eigenvalue weighted by molar-refractivity contribution is 5.96. The van der Waals surface area contributed by atoms with Gasteiger partial charge in [0.15, 0.2) is 5.78 Å². The molecular weight excluding hydrogens is 306 g/mol. The molecule has 0 radical (unpaired) electrons. The Hall–Kier alpha value is -2.63. The number of amides is 1. The summed E-state index contributed by atoms with van der Waals surface area (Å²) < 4.78 is 5.08. The zero-order valence-corrected chi connectivity index (χ0v) is 13.7. The number of aromatic nitrogens is 2. The molecule has 6 nitrogen and oxygen atoms in total. The number of carbonyl (C=O) groups excluding carboxylic acids is 2. The molecule has 1 amide bonds. The average molecular weight is 327 g/mol. The van der Waals surface area contributed by atoms with E-state index in [1.807, 2.05) is 4.90 Å². The van der Waals surface area contributed by atoms with Gasteiger partial charge >= 0.3 is 0 Å². The van der Waals surface area contributed by atoms with Gasteiger partial charge in [-0.1, -0.05) is 0 Å². The number of hydrogen-bond donors (Lipinski definition) is 1. The zero-order valence-electron chi connectivity index (χ0n) is 13.7. The van der Waals surface area contributed by atoms with Gasteiger partial charge in [-0.15, -0.1) is 0 Å². The second-order valence-corrected chi connectivity index (χ2v) is 5.94. The topological polar surface area (TPSA) is 75.3 Å². The molecule has 24 heavy (non-hydrogen) atoms. The molecule has 1 aromatic carbocycles. The molecule has 126 valence electrons. The molecule has 3 rings (SSSR count). The van der Waals surface area contributed by atoms with Crippen molar-refractivity contribution in [2.45, 2.75) is 32.2 Å². The number of ether oxygens (including phenoxy) is 1. The van der Waals surface area contributed by atoms with E-state index in [9.17, 15) is 9.59 Å². The average Bonchev–Trinajstić information content (AvgIpc) is 3.09. The summed E-state index contributed by atoms with van der Waals surface area (Å²) in [7, 11) is 1.59. The van der Waals surface area contributed by atoms with Crippen LogP contribution in [0.25, 0.3) is 0 Å². The fourth-order valence-electron chi connectivity index (χ4n) is 2.91. The first-order valence-electron chi connectivity index (χ1n) is 8.13. The minimum Gasteiger partial charge on any atom is -0.497 e. The molecule has 2 aromatic rings. The smallest absolute Gasteiger partial charge is 0.222 e. The third kappa shape index (κ3) is 3.64. The minimum atomic E-state index is 0.0567. The van der Waals surface area contributed by atoms with Gasteiger partial charge in [0.1, 0.15) is 5.75 Å². The van der Waals surface area contributed by atoms with Crippen molar-refractivity contribution in [3.63, 3.8) is 0 Å². The van der Waals surface area contributed by atoms with E-state index in [0.29, 0.717) is 37.9 Å². The van der Waals surface area contributed by atoms with E-state index in [4.69, 9.17) is 4.74 Å². The Morgan fingerprint density at radius 1 is 1.25 bits per heavy atom. The number of ketones is 1. The number of H-pyrrole nitrogens is 1. The summed E-state index contributed by atoms with van der Waals surface area (Å²) in [5, 5.41) is 6.97. The first-order chi connectivity index (χ1) is 11.7. The summed E-state index contributed by atoms with van der Waals surface area (Å²) in [4.78, 5) is 26.3. The summed E-state index contributed by atoms with van der Waals surface area (Å²) in [6, 6.07) is 7.06. The number of benzene rings is 1. The second kappa shape index (κ2) is 7.29. The van der Waals surface area contributed by atoms with Gasteiger partial charge in [0.25, 0.3) is 0 Å². The number of methoxy groups -OCH3 is 1. The van der Waals surface area contributed by atoms with Crippen LogP contribution in [0, 0.1) is 0 Å². The van der Waals surface area contributed by atoms with Crippen molar-refractivity contribution in [3.8, 4) is 5.75 Å². The van der Waals surface area contributed by atoms with Crippen molar-refractivity contribution < 1.29 is 14.3 Å². The van der Waals surface area contributed by atoms with Gasteiger partial charge < -0.3 is 9.64 Å². The molecule has 0 unspecified atom stereocenters. The van der Waals surface area contributed by atoms with Crippen molar-refractivity contribution in [2.24, 2.45) is 0 Å². The van der Waals surface area contributed by atoms with Crippen LogP contribution < -0.4 is 4.74 Å². The monoisotopic (exact) mass is 327 g/mol. The maximum absolute atomic E-state index is 12.3. The van der Waals surface area contributed by atoms with E-state index in [1.54, 1.807) is 37.6 Å². The van der Waals surface area contributed by atoms with Crippen molar-refractivity contribution >= 4 is 11.7 Å². The number of nitrogens with zero attached hydrogens (tertiary/aromatic N) is 2. The number of rotatable bonds is 6. The quantitative estimate of drug-likeness (QED) is 0.827. The van der Waals surface area contributed by atoms with Gasteiger partial charge in [0, 0.05) is 49.2 Å². The maximum atomic E-state index is 12.3. The number of aromatic amines is 1. The summed E-state index contributed by atoms with van der Waals surface area (Å²) >= 11 is 0. The first-order valence-corrected chi connectivity index (χ1v) is 8.13. The van der Waals surface area contributed by atoms with Crippen LogP contribution in [0.4, 0.5) is 0 Å². The maximum Gasteiger partial charge on any atom is 0.222 e. The van der Waals surface area contributed by atoms with Crippen molar-refractivity contribution in [1.82, 2.24) is 15.1 Å². The fourth-order valence-corrected chi connectivity index (χ4v) is 2.91. The molecule has 1 aliphatic rings. The summed E-state index contributed by atoms with van der Waals surface area (Å²) in [5.41, 5.74) is 2.86. The summed E-state index contributed by atoms with van der Waals surface area (Å²) in [6.07, 6.45) is 3.93. The Balaban J connectivity index is 1.45. The predicted molar refractivity (Wildman–Crippen MR) is 88.9 cm³/mol. The van der Waals surface area contributed by atoms with E-state index in [0.717, 1.165) is 23.4 Å². The van der Waals surface area contributed by atoms with Crippen LogP contribution >= 0.6 is 0 Å². The molecule has 1 aromatic heterocycles. The van der Waals surface area contributed by atoms with E-state index < -0.39 is 0 Å². The van der Waals surface area contributed by atoms with E-state index in [2.05, 4.69) is 10.2 Å². The van der Waals surface area contributed by atoms with Crippen LogP contribution in [-0.4, -0.2) is 40.4 Å². The molecule has 0 fully saturated rings. The molecule has 0 saturated heterocycles. The Bertz CT molecular complexity index is 721. The van der Waals surface area contributed by atoms with Gasteiger partial charge in [0.05, 0.1) is 13.3 Å². The van der Waals surface area contributed by atoms with Crippen LogP contribution in [-0.2, 0) is 17.8 Å².